The molecule has 2 N–H and O–H groups in total. The topological polar surface area (TPSA) is 83.0 Å². The second-order valence-electron chi connectivity index (χ2n) is 9.24. The van der Waals surface area contributed by atoms with E-state index in [-0.39, 0.29) is 23.8 Å². The van der Waals surface area contributed by atoms with Gasteiger partial charge in [-0.05, 0) is 54.4 Å². The Balaban J connectivity index is 1.79. The molecule has 2 aromatic rings. The quantitative estimate of drug-likeness (QED) is 0.638. The second kappa shape index (κ2) is 9.52. The van der Waals surface area contributed by atoms with Gasteiger partial charge in [-0.3, -0.25) is 4.79 Å². The Morgan fingerprint density at radius 2 is 1.97 bits per heavy atom. The van der Waals surface area contributed by atoms with Gasteiger partial charge in [-0.1, -0.05) is 44.7 Å². The Hall–Kier alpha value is -1.86. The van der Waals surface area contributed by atoms with E-state index in [0.717, 1.165) is 42.7 Å². The Bertz CT molecular complexity index is 872. The molecule has 1 amide bonds. The van der Waals surface area contributed by atoms with Gasteiger partial charge < -0.3 is 15.0 Å². The monoisotopic (exact) mass is 430 g/mol. The van der Waals surface area contributed by atoms with Gasteiger partial charge in [0, 0.05) is 25.2 Å². The number of hydrogen-bond acceptors (Lipinski definition) is 5. The maximum Gasteiger partial charge on any atom is 0.217 e. The highest BCUT2D eigenvalue weighted by molar-refractivity contribution is 7.98. The van der Waals surface area contributed by atoms with Crippen LogP contribution in [0, 0.1) is 13.8 Å². The number of aryl methyl sites for hydroxylation is 3. The van der Waals surface area contributed by atoms with E-state index in [2.05, 4.69) is 61.5 Å². The smallest absolute Gasteiger partial charge is 0.217 e. The number of amides is 1. The summed E-state index contributed by atoms with van der Waals surface area (Å²) in [5.41, 5.74) is 10.8. The summed E-state index contributed by atoms with van der Waals surface area (Å²) >= 11 is 1.70. The van der Waals surface area contributed by atoms with Gasteiger partial charge in [0.05, 0.1) is 12.6 Å². The zero-order chi connectivity index (χ0) is 21.9. The molecule has 1 fully saturated rings. The van der Waals surface area contributed by atoms with Crippen LogP contribution in [0.4, 0.5) is 0 Å². The number of carbonyl (C=O) groups excluding carboxylic acids is 1. The van der Waals surface area contributed by atoms with Crippen LogP contribution in [0.2, 0.25) is 0 Å². The Kier molecular flexibility index (Phi) is 7.24. The van der Waals surface area contributed by atoms with E-state index in [0.29, 0.717) is 6.42 Å². The lowest BCUT2D eigenvalue weighted by Crippen LogP contribution is -2.19. The number of thioether (sulfide) groups is 1. The number of nitrogens with two attached hydrogens (primary N) is 1. The maximum atomic E-state index is 11.3. The number of primary amides is 1. The van der Waals surface area contributed by atoms with Gasteiger partial charge in [-0.25, -0.2) is 0 Å². The molecule has 1 aromatic carbocycles. The minimum Gasteiger partial charge on any atom is -0.376 e. The van der Waals surface area contributed by atoms with Gasteiger partial charge in [0.25, 0.3) is 0 Å². The molecule has 164 valence electrons. The first kappa shape index (κ1) is 22.8. The third kappa shape index (κ3) is 5.64. The SMILES string of the molecule is Cc1cc(C(C)(C)C)cc(C)c1CSc1nnc(CCC(N)=O)n1CC1CCCO1. The van der Waals surface area contributed by atoms with Crippen molar-refractivity contribution in [2.45, 2.75) is 89.3 Å². The first-order chi connectivity index (χ1) is 14.1. The maximum absolute atomic E-state index is 11.3. The van der Waals surface area contributed by atoms with Crippen molar-refractivity contribution in [3.05, 3.63) is 40.2 Å². The van der Waals surface area contributed by atoms with E-state index in [1.807, 2.05) is 0 Å². The zero-order valence-corrected chi connectivity index (χ0v) is 19.6. The summed E-state index contributed by atoms with van der Waals surface area (Å²) in [6.45, 7) is 12.7. The molecule has 30 heavy (non-hydrogen) atoms. The lowest BCUT2D eigenvalue weighted by Gasteiger charge is -2.22. The molecule has 0 saturated carbocycles. The van der Waals surface area contributed by atoms with Crippen LogP contribution in [-0.2, 0) is 33.7 Å². The summed E-state index contributed by atoms with van der Waals surface area (Å²) in [4.78, 5) is 11.3. The zero-order valence-electron chi connectivity index (χ0n) is 18.8. The largest absolute Gasteiger partial charge is 0.376 e. The van der Waals surface area contributed by atoms with Crippen molar-refractivity contribution >= 4 is 17.7 Å². The minimum atomic E-state index is -0.318. The third-order valence-corrected chi connectivity index (χ3v) is 6.70. The fourth-order valence-corrected chi connectivity index (χ4v) is 4.97. The number of carbonyl (C=O) groups is 1. The van der Waals surface area contributed by atoms with Crippen molar-refractivity contribution in [1.82, 2.24) is 14.8 Å². The molecule has 1 aromatic heterocycles. The molecule has 1 atom stereocenters. The number of benzene rings is 1. The van der Waals surface area contributed by atoms with Crippen molar-refractivity contribution in [3.63, 3.8) is 0 Å². The van der Waals surface area contributed by atoms with Crippen LogP contribution < -0.4 is 5.73 Å². The van der Waals surface area contributed by atoms with Crippen molar-refractivity contribution < 1.29 is 9.53 Å². The molecule has 1 saturated heterocycles. The molecule has 0 aliphatic carbocycles. The second-order valence-corrected chi connectivity index (χ2v) is 10.2. The summed E-state index contributed by atoms with van der Waals surface area (Å²) in [5, 5.41) is 9.68. The molecule has 2 heterocycles. The standard InChI is InChI=1S/C23H34N4O2S/c1-15-11-17(23(3,4)5)12-16(2)19(15)14-30-22-26-25-21(9-8-20(24)28)27(22)13-18-7-6-10-29-18/h11-12,18H,6-10,13-14H2,1-5H3,(H2,24,28). The van der Waals surface area contributed by atoms with E-state index in [4.69, 9.17) is 10.5 Å². The first-order valence-corrected chi connectivity index (χ1v) is 11.7. The predicted octanol–water partition coefficient (Wildman–Crippen LogP) is 4.08. The van der Waals surface area contributed by atoms with E-state index in [9.17, 15) is 4.79 Å². The Morgan fingerprint density at radius 1 is 1.27 bits per heavy atom. The predicted molar refractivity (Wildman–Crippen MR) is 121 cm³/mol. The lowest BCUT2D eigenvalue weighted by molar-refractivity contribution is -0.118. The summed E-state index contributed by atoms with van der Waals surface area (Å²) < 4.78 is 7.95. The van der Waals surface area contributed by atoms with E-state index in [1.54, 1.807) is 11.8 Å². The molecule has 7 heteroatoms. The summed E-state index contributed by atoms with van der Waals surface area (Å²) in [6, 6.07) is 4.61. The summed E-state index contributed by atoms with van der Waals surface area (Å²) in [7, 11) is 0. The van der Waals surface area contributed by atoms with Crippen LogP contribution in [0.3, 0.4) is 0 Å². The summed E-state index contributed by atoms with van der Waals surface area (Å²) in [5.74, 6) is 1.33. The molecular formula is C23H34N4O2S. The van der Waals surface area contributed by atoms with Crippen molar-refractivity contribution in [2.24, 2.45) is 5.73 Å². The van der Waals surface area contributed by atoms with Crippen molar-refractivity contribution in [3.8, 4) is 0 Å². The minimum absolute atomic E-state index is 0.137. The van der Waals surface area contributed by atoms with E-state index < -0.39 is 0 Å². The Labute approximate surface area is 184 Å². The number of hydrogen-bond donors (Lipinski definition) is 1. The highest BCUT2D eigenvalue weighted by Crippen LogP contribution is 2.31. The highest BCUT2D eigenvalue weighted by atomic mass is 32.2. The fourth-order valence-electron chi connectivity index (χ4n) is 3.81. The Morgan fingerprint density at radius 3 is 2.53 bits per heavy atom. The van der Waals surface area contributed by atoms with Crippen molar-refractivity contribution in [1.29, 1.82) is 0 Å². The third-order valence-electron chi connectivity index (χ3n) is 5.71. The number of rotatable bonds is 8. The normalized spacial score (nSPS) is 16.9. The van der Waals surface area contributed by atoms with Gasteiger partial charge >= 0.3 is 0 Å². The van der Waals surface area contributed by atoms with Crippen LogP contribution in [-0.4, -0.2) is 33.4 Å². The molecule has 1 unspecified atom stereocenters. The molecule has 1 aliphatic heterocycles. The summed E-state index contributed by atoms with van der Waals surface area (Å²) in [6.07, 6.45) is 3.10. The van der Waals surface area contributed by atoms with Crippen LogP contribution >= 0.6 is 11.8 Å². The van der Waals surface area contributed by atoms with Gasteiger partial charge in [0.2, 0.25) is 5.91 Å². The molecule has 0 bridgehead atoms. The average molecular weight is 431 g/mol. The van der Waals surface area contributed by atoms with Gasteiger partial charge in [0.1, 0.15) is 5.82 Å². The van der Waals surface area contributed by atoms with Gasteiger partial charge in [0.15, 0.2) is 5.16 Å². The van der Waals surface area contributed by atoms with Gasteiger partial charge in [-0.15, -0.1) is 10.2 Å². The molecule has 3 rings (SSSR count). The van der Waals surface area contributed by atoms with E-state index >= 15 is 0 Å². The number of ether oxygens (including phenoxy) is 1. The molecular weight excluding hydrogens is 396 g/mol. The van der Waals surface area contributed by atoms with Crippen LogP contribution in [0.25, 0.3) is 0 Å². The highest BCUT2D eigenvalue weighted by Gasteiger charge is 2.22. The fraction of sp³-hybridized carbons (Fsp3) is 0.609. The number of aromatic nitrogens is 3. The number of nitrogens with zero attached hydrogens (tertiary/aromatic N) is 3. The van der Waals surface area contributed by atoms with Gasteiger partial charge in [-0.2, -0.15) is 0 Å². The van der Waals surface area contributed by atoms with Crippen LogP contribution in [0.15, 0.2) is 17.3 Å². The lowest BCUT2D eigenvalue weighted by atomic mass is 9.84. The average Bonchev–Trinajstić information content (AvgIpc) is 3.29. The van der Waals surface area contributed by atoms with Crippen LogP contribution in [0.1, 0.15) is 68.1 Å². The molecule has 0 radical (unpaired) electrons. The molecule has 1 aliphatic rings. The molecule has 0 spiro atoms. The molecule has 6 nitrogen and oxygen atoms in total. The van der Waals surface area contributed by atoms with E-state index in [1.165, 1.54) is 22.3 Å². The van der Waals surface area contributed by atoms with Crippen molar-refractivity contribution in [2.75, 3.05) is 6.61 Å². The first-order valence-electron chi connectivity index (χ1n) is 10.7. The van der Waals surface area contributed by atoms with Crippen LogP contribution in [0.5, 0.6) is 0 Å².